The number of benzene rings is 1. The summed E-state index contributed by atoms with van der Waals surface area (Å²) in [7, 11) is 0. The number of nitrogens with zero attached hydrogens (tertiary/aromatic N) is 1. The summed E-state index contributed by atoms with van der Waals surface area (Å²) in [5, 5.41) is 11.5. The van der Waals surface area contributed by atoms with E-state index in [-0.39, 0.29) is 6.61 Å². The number of amides is 2. The van der Waals surface area contributed by atoms with Gasteiger partial charge in [-0.2, -0.15) is 0 Å². The van der Waals surface area contributed by atoms with Crippen molar-refractivity contribution in [3.63, 3.8) is 0 Å². The lowest BCUT2D eigenvalue weighted by Gasteiger charge is -2.16. The van der Waals surface area contributed by atoms with Crippen LogP contribution in [-0.2, 0) is 16.1 Å². The molecule has 0 radical (unpaired) electrons. The number of hydrogen-bond acceptors (Lipinski definition) is 4. The number of rotatable bonds is 6. The van der Waals surface area contributed by atoms with Crippen molar-refractivity contribution in [1.82, 2.24) is 9.99 Å². The summed E-state index contributed by atoms with van der Waals surface area (Å²) in [5.74, 6) is -0.546. The van der Waals surface area contributed by atoms with Crippen molar-refractivity contribution in [2.24, 2.45) is 0 Å². The molecule has 2 amide bonds. The number of carbonyl (C=O) groups is 2. The summed E-state index contributed by atoms with van der Waals surface area (Å²) in [6.07, 6.45) is 2.48. The average molecular weight is 303 g/mol. The van der Waals surface area contributed by atoms with Crippen LogP contribution < -0.4 is 10.7 Å². The van der Waals surface area contributed by atoms with E-state index in [0.29, 0.717) is 0 Å². The predicted molar refractivity (Wildman–Crippen MR) is 79.4 cm³/mol. The van der Waals surface area contributed by atoms with E-state index in [1.54, 1.807) is 24.5 Å². The van der Waals surface area contributed by atoms with Crippen LogP contribution in [-0.4, -0.2) is 34.4 Å². The zero-order valence-corrected chi connectivity index (χ0v) is 11.8. The van der Waals surface area contributed by atoms with E-state index in [2.05, 4.69) is 10.7 Å². The lowest BCUT2D eigenvalue weighted by atomic mass is 10.2. The number of aliphatic hydroxyl groups excluding tert-OH is 1. The van der Waals surface area contributed by atoms with Crippen molar-refractivity contribution < 1.29 is 19.4 Å². The van der Waals surface area contributed by atoms with Crippen LogP contribution >= 0.6 is 0 Å². The quantitative estimate of drug-likeness (QED) is 0.737. The van der Waals surface area contributed by atoms with Crippen LogP contribution in [0.4, 0.5) is 4.79 Å². The highest BCUT2D eigenvalue weighted by molar-refractivity contribution is 5.91. The lowest BCUT2D eigenvalue weighted by molar-refractivity contribution is -0.119. The molecule has 0 aliphatic heterocycles. The molecule has 116 valence electrons. The monoisotopic (exact) mass is 303 g/mol. The third-order valence-corrected chi connectivity index (χ3v) is 2.85. The Morgan fingerprint density at radius 3 is 2.45 bits per heavy atom. The van der Waals surface area contributed by atoms with Gasteiger partial charge in [0.2, 0.25) is 0 Å². The molecule has 0 aliphatic rings. The Kier molecular flexibility index (Phi) is 5.56. The fourth-order valence-corrected chi connectivity index (χ4v) is 1.72. The molecule has 1 heterocycles. The van der Waals surface area contributed by atoms with Crippen molar-refractivity contribution >= 4 is 12.0 Å². The van der Waals surface area contributed by atoms with Crippen molar-refractivity contribution in [2.45, 2.75) is 12.6 Å². The first-order chi connectivity index (χ1) is 10.7. The first kappa shape index (κ1) is 15.6. The van der Waals surface area contributed by atoms with Crippen LogP contribution in [0.2, 0.25) is 0 Å². The Morgan fingerprint density at radius 1 is 1.14 bits per heavy atom. The van der Waals surface area contributed by atoms with Crippen molar-refractivity contribution in [3.8, 4) is 0 Å². The number of hydrogen-bond donors (Lipinski definition) is 3. The Morgan fingerprint density at radius 2 is 1.82 bits per heavy atom. The van der Waals surface area contributed by atoms with Gasteiger partial charge in [0.25, 0.3) is 5.91 Å². The molecule has 7 heteroatoms. The number of aliphatic hydroxyl groups is 1. The zero-order chi connectivity index (χ0) is 15.8. The van der Waals surface area contributed by atoms with Crippen LogP contribution in [0.5, 0.6) is 0 Å². The van der Waals surface area contributed by atoms with E-state index in [9.17, 15) is 14.7 Å². The van der Waals surface area contributed by atoms with Gasteiger partial charge >= 0.3 is 6.09 Å². The van der Waals surface area contributed by atoms with Crippen LogP contribution in [0, 0.1) is 0 Å². The number of nitrogens with one attached hydrogen (secondary N) is 2. The second-order valence-corrected chi connectivity index (χ2v) is 4.51. The highest BCUT2D eigenvalue weighted by atomic mass is 16.5. The summed E-state index contributed by atoms with van der Waals surface area (Å²) in [5.41, 5.74) is 3.33. The normalized spacial score (nSPS) is 11.5. The molecule has 7 nitrogen and oxygen atoms in total. The smallest absolute Gasteiger partial charge is 0.408 e. The molecular weight excluding hydrogens is 286 g/mol. The number of alkyl carbamates (subject to hydrolysis) is 1. The third-order valence-electron chi connectivity index (χ3n) is 2.85. The van der Waals surface area contributed by atoms with Gasteiger partial charge < -0.3 is 15.2 Å². The summed E-state index contributed by atoms with van der Waals surface area (Å²) in [4.78, 5) is 23.6. The molecule has 1 aromatic heterocycles. The van der Waals surface area contributed by atoms with Crippen molar-refractivity contribution in [1.29, 1.82) is 0 Å². The Labute approximate surface area is 127 Å². The molecule has 1 atom stereocenters. The van der Waals surface area contributed by atoms with Crippen LogP contribution in [0.3, 0.4) is 0 Å². The molecule has 3 N–H and O–H groups in total. The molecular formula is C15H17N3O4. The van der Waals surface area contributed by atoms with Crippen LogP contribution in [0.1, 0.15) is 5.56 Å². The molecule has 2 aromatic rings. The first-order valence-corrected chi connectivity index (χ1v) is 6.71. The summed E-state index contributed by atoms with van der Waals surface area (Å²) in [6, 6.07) is 11.5. The minimum Gasteiger partial charge on any atom is -0.445 e. The summed E-state index contributed by atoms with van der Waals surface area (Å²) in [6.45, 7) is -0.447. The molecule has 2 rings (SSSR count). The molecule has 0 spiro atoms. The third kappa shape index (κ3) is 4.64. The highest BCUT2D eigenvalue weighted by Gasteiger charge is 2.20. The topological polar surface area (TPSA) is 92.6 Å². The Balaban J connectivity index is 1.81. The number of ether oxygens (including phenoxy) is 1. The lowest BCUT2D eigenvalue weighted by Crippen LogP contribution is -2.47. The van der Waals surface area contributed by atoms with Gasteiger partial charge in [0.05, 0.1) is 6.61 Å². The maximum atomic E-state index is 11.9. The van der Waals surface area contributed by atoms with Gasteiger partial charge in [0, 0.05) is 12.4 Å². The van der Waals surface area contributed by atoms with Gasteiger partial charge in [0.15, 0.2) is 0 Å². The van der Waals surface area contributed by atoms with Crippen LogP contribution in [0.15, 0.2) is 54.9 Å². The molecule has 0 unspecified atom stereocenters. The van der Waals surface area contributed by atoms with Gasteiger partial charge in [-0.05, 0) is 17.7 Å². The molecule has 0 saturated heterocycles. The fourth-order valence-electron chi connectivity index (χ4n) is 1.72. The highest BCUT2D eigenvalue weighted by Crippen LogP contribution is 2.01. The maximum absolute atomic E-state index is 11.9. The Hall–Kier alpha value is -2.80. The van der Waals surface area contributed by atoms with E-state index in [0.717, 1.165) is 5.56 Å². The molecule has 22 heavy (non-hydrogen) atoms. The molecule has 1 aromatic carbocycles. The largest absolute Gasteiger partial charge is 0.445 e. The van der Waals surface area contributed by atoms with Gasteiger partial charge in [-0.3, -0.25) is 14.9 Å². The van der Waals surface area contributed by atoms with Gasteiger partial charge in [-0.15, -0.1) is 0 Å². The molecule has 0 bridgehead atoms. The van der Waals surface area contributed by atoms with Gasteiger partial charge in [0.1, 0.15) is 12.6 Å². The molecule has 0 aliphatic carbocycles. The standard InChI is InChI=1S/C15H17N3O4/c19-10-13(14(20)17-18-8-4-5-9-18)16-15(21)22-11-12-6-2-1-3-7-12/h1-9,13,19H,10-11H2,(H,16,21)(H,17,20)/t13-/m0/s1. The summed E-state index contributed by atoms with van der Waals surface area (Å²) >= 11 is 0. The maximum Gasteiger partial charge on any atom is 0.408 e. The Bertz CT molecular complexity index is 599. The number of aromatic nitrogens is 1. The first-order valence-electron chi connectivity index (χ1n) is 6.71. The minimum absolute atomic E-state index is 0.0873. The van der Waals surface area contributed by atoms with E-state index in [4.69, 9.17) is 4.74 Å². The second kappa shape index (κ2) is 7.84. The van der Waals surface area contributed by atoms with Gasteiger partial charge in [-0.25, -0.2) is 4.79 Å². The van der Waals surface area contributed by atoms with E-state index < -0.39 is 24.6 Å². The summed E-state index contributed by atoms with van der Waals surface area (Å²) < 4.78 is 6.42. The van der Waals surface area contributed by atoms with E-state index in [1.807, 2.05) is 30.3 Å². The SMILES string of the molecule is O=C(N[C@@H](CO)C(=O)Nn1cccc1)OCc1ccccc1. The minimum atomic E-state index is -1.09. The van der Waals surface area contributed by atoms with Crippen molar-refractivity contribution in [3.05, 3.63) is 60.4 Å². The number of carbonyl (C=O) groups excluding carboxylic acids is 2. The molecule has 0 saturated carbocycles. The average Bonchev–Trinajstić information content (AvgIpc) is 3.04. The zero-order valence-electron chi connectivity index (χ0n) is 11.8. The van der Waals surface area contributed by atoms with E-state index >= 15 is 0 Å². The van der Waals surface area contributed by atoms with Gasteiger partial charge in [-0.1, -0.05) is 30.3 Å². The fraction of sp³-hybridized carbons (Fsp3) is 0.200. The predicted octanol–water partition coefficient (Wildman–Crippen LogP) is 0.845. The van der Waals surface area contributed by atoms with E-state index in [1.165, 1.54) is 4.68 Å². The van der Waals surface area contributed by atoms with Crippen LogP contribution in [0.25, 0.3) is 0 Å². The second-order valence-electron chi connectivity index (χ2n) is 4.51. The molecule has 0 fully saturated rings. The van der Waals surface area contributed by atoms with Crippen molar-refractivity contribution in [2.75, 3.05) is 12.0 Å².